The molecule has 0 aliphatic carbocycles. The second kappa shape index (κ2) is 7.08. The van der Waals surface area contributed by atoms with Crippen LogP contribution in [0.25, 0.3) is 10.9 Å². The number of methoxy groups -OCH3 is 1. The lowest BCUT2D eigenvalue weighted by atomic mass is 10.2. The van der Waals surface area contributed by atoms with Gasteiger partial charge < -0.3 is 19.8 Å². The first-order valence-electron chi connectivity index (χ1n) is 7.80. The van der Waals surface area contributed by atoms with Gasteiger partial charge in [-0.25, -0.2) is 0 Å². The van der Waals surface area contributed by atoms with Crippen LogP contribution in [-0.2, 0) is 0 Å². The first kappa shape index (κ1) is 15.9. The minimum absolute atomic E-state index is 0.137. The molecule has 3 rings (SSSR count). The maximum absolute atomic E-state index is 12.2. The number of amides is 1. The first-order valence-corrected chi connectivity index (χ1v) is 7.80. The summed E-state index contributed by atoms with van der Waals surface area (Å²) in [5, 5.41) is 3.88. The summed E-state index contributed by atoms with van der Waals surface area (Å²) in [6, 6.07) is 15.3. The van der Waals surface area contributed by atoms with Gasteiger partial charge in [0, 0.05) is 10.9 Å². The van der Waals surface area contributed by atoms with Gasteiger partial charge >= 0.3 is 0 Å². The summed E-state index contributed by atoms with van der Waals surface area (Å²) in [4.78, 5) is 15.3. The molecule has 1 aromatic heterocycles. The molecule has 3 aromatic rings. The molecule has 2 N–H and O–H groups in total. The number of hydrogen-bond acceptors (Lipinski definition) is 3. The van der Waals surface area contributed by atoms with Gasteiger partial charge in [0.1, 0.15) is 23.8 Å². The number of rotatable bonds is 6. The SMILES string of the molecule is COc1ccc(OCCNC(=O)c2cc3ccc(C)cc3[nH]2)cc1. The van der Waals surface area contributed by atoms with Crippen molar-refractivity contribution >= 4 is 16.8 Å². The number of carbonyl (C=O) groups excluding carboxylic acids is 1. The van der Waals surface area contributed by atoms with Crippen molar-refractivity contribution in [3.8, 4) is 11.5 Å². The van der Waals surface area contributed by atoms with Gasteiger partial charge in [-0.2, -0.15) is 0 Å². The number of hydrogen-bond donors (Lipinski definition) is 2. The maximum Gasteiger partial charge on any atom is 0.267 e. The zero-order valence-electron chi connectivity index (χ0n) is 13.8. The largest absolute Gasteiger partial charge is 0.497 e. The standard InChI is InChI=1S/C19H20N2O3/c1-13-3-4-14-12-18(21-17(14)11-13)19(22)20-9-10-24-16-7-5-15(23-2)6-8-16/h3-8,11-12,21H,9-10H2,1-2H3,(H,20,22). The Bertz CT molecular complexity index is 837. The molecule has 1 heterocycles. The molecular weight excluding hydrogens is 304 g/mol. The van der Waals surface area contributed by atoms with E-state index in [1.807, 2.05) is 55.5 Å². The summed E-state index contributed by atoms with van der Waals surface area (Å²) in [6.07, 6.45) is 0. The van der Waals surface area contributed by atoms with E-state index in [-0.39, 0.29) is 5.91 Å². The van der Waals surface area contributed by atoms with Crippen LogP contribution in [-0.4, -0.2) is 31.2 Å². The third-order valence-corrected chi connectivity index (χ3v) is 3.74. The van der Waals surface area contributed by atoms with Crippen LogP contribution in [0.4, 0.5) is 0 Å². The second-order valence-corrected chi connectivity index (χ2v) is 5.55. The van der Waals surface area contributed by atoms with E-state index in [1.165, 1.54) is 0 Å². The van der Waals surface area contributed by atoms with E-state index in [0.29, 0.717) is 18.8 Å². The average molecular weight is 324 g/mol. The van der Waals surface area contributed by atoms with Crippen LogP contribution >= 0.6 is 0 Å². The lowest BCUT2D eigenvalue weighted by Gasteiger charge is -2.07. The molecule has 0 bridgehead atoms. The van der Waals surface area contributed by atoms with Gasteiger partial charge in [-0.3, -0.25) is 4.79 Å². The van der Waals surface area contributed by atoms with E-state index in [4.69, 9.17) is 9.47 Å². The predicted octanol–water partition coefficient (Wildman–Crippen LogP) is 3.29. The van der Waals surface area contributed by atoms with Crippen molar-refractivity contribution < 1.29 is 14.3 Å². The molecule has 0 saturated carbocycles. The minimum atomic E-state index is -0.137. The molecular formula is C19H20N2O3. The average Bonchev–Trinajstić information content (AvgIpc) is 3.02. The first-order chi connectivity index (χ1) is 11.7. The number of H-pyrrole nitrogens is 1. The zero-order chi connectivity index (χ0) is 16.9. The predicted molar refractivity (Wildman–Crippen MR) is 93.9 cm³/mol. The molecule has 0 aliphatic heterocycles. The van der Waals surface area contributed by atoms with Gasteiger partial charge in [0.15, 0.2) is 0 Å². The van der Waals surface area contributed by atoms with Gasteiger partial charge in [0.25, 0.3) is 5.91 Å². The number of aryl methyl sites for hydroxylation is 1. The normalized spacial score (nSPS) is 10.6. The van der Waals surface area contributed by atoms with Crippen molar-refractivity contribution in [3.63, 3.8) is 0 Å². The Morgan fingerprint density at radius 1 is 1.08 bits per heavy atom. The summed E-state index contributed by atoms with van der Waals surface area (Å²) in [6.45, 7) is 2.85. The third kappa shape index (κ3) is 3.68. The summed E-state index contributed by atoms with van der Waals surface area (Å²) in [5.74, 6) is 1.39. The number of carbonyl (C=O) groups is 1. The molecule has 124 valence electrons. The van der Waals surface area contributed by atoms with Crippen LogP contribution in [0.2, 0.25) is 0 Å². The fourth-order valence-electron chi connectivity index (χ4n) is 2.46. The highest BCUT2D eigenvalue weighted by Gasteiger charge is 2.09. The van der Waals surface area contributed by atoms with Crippen LogP contribution in [0, 0.1) is 6.92 Å². The maximum atomic E-state index is 12.2. The number of aromatic amines is 1. The Labute approximate surface area is 140 Å². The zero-order valence-corrected chi connectivity index (χ0v) is 13.8. The van der Waals surface area contributed by atoms with Gasteiger partial charge in [-0.15, -0.1) is 0 Å². The van der Waals surface area contributed by atoms with Crippen LogP contribution in [0.1, 0.15) is 16.1 Å². The molecule has 5 heteroatoms. The molecule has 24 heavy (non-hydrogen) atoms. The van der Waals surface area contributed by atoms with Crippen molar-refractivity contribution in [1.29, 1.82) is 0 Å². The Kier molecular flexibility index (Phi) is 4.70. The van der Waals surface area contributed by atoms with Crippen LogP contribution in [0.5, 0.6) is 11.5 Å². The minimum Gasteiger partial charge on any atom is -0.497 e. The molecule has 0 fully saturated rings. The van der Waals surface area contributed by atoms with Gasteiger partial charge in [0.2, 0.25) is 0 Å². The number of aromatic nitrogens is 1. The summed E-state index contributed by atoms with van der Waals surface area (Å²) >= 11 is 0. The van der Waals surface area contributed by atoms with Gasteiger partial charge in [-0.05, 0) is 48.9 Å². The molecule has 2 aromatic carbocycles. The third-order valence-electron chi connectivity index (χ3n) is 3.74. The lowest BCUT2D eigenvalue weighted by molar-refractivity contribution is 0.0943. The van der Waals surface area contributed by atoms with Gasteiger partial charge in [-0.1, -0.05) is 12.1 Å². The van der Waals surface area contributed by atoms with Crippen molar-refractivity contribution in [3.05, 3.63) is 59.8 Å². The monoisotopic (exact) mass is 324 g/mol. The van der Waals surface area contributed by atoms with Crippen molar-refractivity contribution in [1.82, 2.24) is 10.3 Å². The Morgan fingerprint density at radius 2 is 1.83 bits per heavy atom. The smallest absolute Gasteiger partial charge is 0.267 e. The molecule has 0 aliphatic rings. The van der Waals surface area contributed by atoms with Crippen LogP contribution in [0.15, 0.2) is 48.5 Å². The van der Waals surface area contributed by atoms with Crippen LogP contribution in [0.3, 0.4) is 0 Å². The van der Waals surface area contributed by atoms with Crippen LogP contribution < -0.4 is 14.8 Å². The highest BCUT2D eigenvalue weighted by molar-refractivity contribution is 5.98. The fourth-order valence-corrected chi connectivity index (χ4v) is 2.46. The van der Waals surface area contributed by atoms with Crippen molar-refractivity contribution in [2.45, 2.75) is 6.92 Å². The molecule has 5 nitrogen and oxygen atoms in total. The molecule has 0 radical (unpaired) electrons. The van der Waals surface area contributed by atoms with E-state index in [2.05, 4.69) is 10.3 Å². The number of ether oxygens (including phenoxy) is 2. The highest BCUT2D eigenvalue weighted by atomic mass is 16.5. The Hall–Kier alpha value is -2.95. The van der Waals surface area contributed by atoms with Crippen molar-refractivity contribution in [2.75, 3.05) is 20.3 Å². The highest BCUT2D eigenvalue weighted by Crippen LogP contribution is 2.17. The van der Waals surface area contributed by atoms with E-state index in [0.717, 1.165) is 28.0 Å². The van der Waals surface area contributed by atoms with Gasteiger partial charge in [0.05, 0.1) is 13.7 Å². The summed E-state index contributed by atoms with van der Waals surface area (Å²) in [7, 11) is 1.62. The molecule has 0 saturated heterocycles. The number of fused-ring (bicyclic) bond motifs is 1. The Morgan fingerprint density at radius 3 is 2.58 bits per heavy atom. The van der Waals surface area contributed by atoms with E-state index >= 15 is 0 Å². The summed E-state index contributed by atoms with van der Waals surface area (Å²) < 4.78 is 10.7. The van der Waals surface area contributed by atoms with E-state index in [1.54, 1.807) is 7.11 Å². The van der Waals surface area contributed by atoms with Crippen molar-refractivity contribution in [2.24, 2.45) is 0 Å². The lowest BCUT2D eigenvalue weighted by Crippen LogP contribution is -2.28. The van der Waals surface area contributed by atoms with E-state index < -0.39 is 0 Å². The molecule has 0 unspecified atom stereocenters. The second-order valence-electron chi connectivity index (χ2n) is 5.55. The van der Waals surface area contributed by atoms with E-state index in [9.17, 15) is 4.79 Å². The molecule has 0 atom stereocenters. The molecule has 0 spiro atoms. The fraction of sp³-hybridized carbons (Fsp3) is 0.211. The quantitative estimate of drug-likeness (QED) is 0.684. The number of benzene rings is 2. The molecule has 1 amide bonds. The summed E-state index contributed by atoms with van der Waals surface area (Å²) in [5.41, 5.74) is 2.68. The topological polar surface area (TPSA) is 63.4 Å². The number of nitrogens with one attached hydrogen (secondary N) is 2. The Balaban J connectivity index is 1.51.